The Morgan fingerprint density at radius 1 is 1.60 bits per heavy atom. The van der Waals surface area contributed by atoms with Crippen LogP contribution in [0.2, 0.25) is 5.02 Å². The minimum absolute atomic E-state index is 0.141. The number of nitrogens with two attached hydrogens (primary N) is 1. The van der Waals surface area contributed by atoms with E-state index in [0.29, 0.717) is 29.1 Å². The molecule has 1 aromatic carbocycles. The molecule has 0 aliphatic carbocycles. The maximum Gasteiger partial charge on any atom is 0.278 e. The van der Waals surface area contributed by atoms with Gasteiger partial charge in [0.05, 0.1) is 22.0 Å². The van der Waals surface area contributed by atoms with Gasteiger partial charge in [0.1, 0.15) is 6.07 Å². The third-order valence-corrected chi connectivity index (χ3v) is 3.11. The minimum Gasteiger partial charge on any atom is -0.395 e. The highest BCUT2D eigenvalue weighted by Crippen LogP contribution is 2.21. The number of aromatic amines is 1. The molecule has 2 rings (SSSR count). The van der Waals surface area contributed by atoms with Gasteiger partial charge in [-0.3, -0.25) is 9.89 Å². The highest BCUT2D eigenvalue weighted by atomic mass is 35.5. The number of benzene rings is 1. The van der Waals surface area contributed by atoms with Crippen LogP contribution in [0.1, 0.15) is 28.7 Å². The van der Waals surface area contributed by atoms with Crippen molar-refractivity contribution in [3.63, 3.8) is 0 Å². The van der Waals surface area contributed by atoms with Crippen molar-refractivity contribution >= 4 is 28.9 Å². The molecule has 0 unspecified atom stereocenters. The van der Waals surface area contributed by atoms with Gasteiger partial charge in [0, 0.05) is 5.69 Å². The number of aryl methyl sites for hydroxylation is 1. The second-order valence-electron chi connectivity index (χ2n) is 4.08. The summed E-state index contributed by atoms with van der Waals surface area (Å²) < 4.78 is 0. The Labute approximate surface area is 120 Å². The van der Waals surface area contributed by atoms with E-state index in [9.17, 15) is 4.79 Å². The number of H-pyrrole nitrogens is 1. The van der Waals surface area contributed by atoms with Crippen LogP contribution in [0.25, 0.3) is 0 Å². The Morgan fingerprint density at radius 2 is 2.35 bits per heavy atom. The van der Waals surface area contributed by atoms with Crippen LogP contribution in [-0.4, -0.2) is 16.1 Å². The summed E-state index contributed by atoms with van der Waals surface area (Å²) in [7, 11) is 0. The number of aromatic nitrogens is 2. The van der Waals surface area contributed by atoms with Gasteiger partial charge in [-0.25, -0.2) is 0 Å². The molecule has 2 aromatic rings. The van der Waals surface area contributed by atoms with E-state index in [2.05, 4.69) is 15.5 Å². The lowest BCUT2D eigenvalue weighted by Gasteiger charge is -2.05. The van der Waals surface area contributed by atoms with Crippen molar-refractivity contribution in [2.45, 2.75) is 13.3 Å². The van der Waals surface area contributed by atoms with E-state index in [-0.39, 0.29) is 10.7 Å². The summed E-state index contributed by atoms with van der Waals surface area (Å²) in [5.41, 5.74) is 7.83. The van der Waals surface area contributed by atoms with Crippen molar-refractivity contribution in [1.82, 2.24) is 10.2 Å². The van der Waals surface area contributed by atoms with E-state index in [1.807, 2.05) is 13.0 Å². The SMILES string of the molecule is CCc1[nH]nc(C(=O)Nc2ccc(C#N)c(Cl)c2)c1N. The van der Waals surface area contributed by atoms with Crippen LogP contribution in [-0.2, 0) is 6.42 Å². The number of amides is 1. The van der Waals surface area contributed by atoms with Crippen LogP contribution in [0.15, 0.2) is 18.2 Å². The molecule has 1 heterocycles. The summed E-state index contributed by atoms with van der Waals surface area (Å²) in [6.45, 7) is 1.91. The summed E-state index contributed by atoms with van der Waals surface area (Å²) >= 11 is 5.90. The monoisotopic (exact) mass is 289 g/mol. The highest BCUT2D eigenvalue weighted by molar-refractivity contribution is 6.32. The van der Waals surface area contributed by atoms with Crippen molar-refractivity contribution in [2.24, 2.45) is 0 Å². The van der Waals surface area contributed by atoms with Gasteiger partial charge in [0.15, 0.2) is 5.69 Å². The lowest BCUT2D eigenvalue weighted by atomic mass is 10.2. The third-order valence-electron chi connectivity index (χ3n) is 2.80. The van der Waals surface area contributed by atoms with Gasteiger partial charge in [-0.1, -0.05) is 18.5 Å². The van der Waals surface area contributed by atoms with Crippen molar-refractivity contribution in [2.75, 3.05) is 11.1 Å². The van der Waals surface area contributed by atoms with Gasteiger partial charge in [-0.2, -0.15) is 10.4 Å². The molecule has 0 saturated heterocycles. The molecule has 7 heteroatoms. The number of rotatable bonds is 3. The summed E-state index contributed by atoms with van der Waals surface area (Å²) in [5.74, 6) is -0.431. The van der Waals surface area contributed by atoms with Crippen LogP contribution < -0.4 is 11.1 Å². The summed E-state index contributed by atoms with van der Waals surface area (Å²) in [5, 5.41) is 18.3. The standard InChI is InChI=1S/C13H12ClN5O/c1-2-10-11(16)12(19-18-10)13(20)17-8-4-3-7(6-15)9(14)5-8/h3-5H,2,16H2,1H3,(H,17,20)(H,18,19). The quantitative estimate of drug-likeness (QED) is 0.806. The number of anilines is 2. The van der Waals surface area contributed by atoms with Gasteiger partial charge in [-0.15, -0.1) is 0 Å². The van der Waals surface area contributed by atoms with Gasteiger partial charge in [0.25, 0.3) is 5.91 Å². The molecular weight excluding hydrogens is 278 g/mol. The fraction of sp³-hybridized carbons (Fsp3) is 0.154. The summed E-state index contributed by atoms with van der Waals surface area (Å²) in [6, 6.07) is 6.57. The molecule has 0 atom stereocenters. The van der Waals surface area contributed by atoms with Gasteiger partial charge >= 0.3 is 0 Å². The number of nitriles is 1. The van der Waals surface area contributed by atoms with E-state index >= 15 is 0 Å². The number of carbonyl (C=O) groups excluding carboxylic acids is 1. The van der Waals surface area contributed by atoms with E-state index in [4.69, 9.17) is 22.6 Å². The van der Waals surface area contributed by atoms with Crippen LogP contribution in [0.4, 0.5) is 11.4 Å². The zero-order chi connectivity index (χ0) is 14.7. The number of nitrogens with one attached hydrogen (secondary N) is 2. The topological polar surface area (TPSA) is 108 Å². The van der Waals surface area contributed by atoms with Crippen molar-refractivity contribution in [3.8, 4) is 6.07 Å². The molecule has 102 valence electrons. The maximum absolute atomic E-state index is 12.0. The Kier molecular flexibility index (Phi) is 3.91. The molecule has 0 spiro atoms. The molecule has 0 aliphatic rings. The first-order valence-electron chi connectivity index (χ1n) is 5.90. The van der Waals surface area contributed by atoms with Gasteiger partial charge < -0.3 is 11.1 Å². The van der Waals surface area contributed by atoms with Crippen LogP contribution in [0.5, 0.6) is 0 Å². The second-order valence-corrected chi connectivity index (χ2v) is 4.49. The number of carbonyl (C=O) groups is 1. The number of hydrogen-bond donors (Lipinski definition) is 3. The fourth-order valence-electron chi connectivity index (χ4n) is 1.70. The first-order chi connectivity index (χ1) is 9.56. The van der Waals surface area contributed by atoms with Crippen molar-refractivity contribution in [1.29, 1.82) is 5.26 Å². The number of nitrogen functional groups attached to an aromatic ring is 1. The zero-order valence-corrected chi connectivity index (χ0v) is 11.5. The molecule has 0 bridgehead atoms. The summed E-state index contributed by atoms with van der Waals surface area (Å²) in [6.07, 6.45) is 0.662. The molecule has 0 aliphatic heterocycles. The number of nitrogens with zero attached hydrogens (tertiary/aromatic N) is 2. The molecular formula is C13H12ClN5O. The van der Waals surface area contributed by atoms with Gasteiger partial charge in [-0.05, 0) is 24.6 Å². The normalized spacial score (nSPS) is 10.1. The highest BCUT2D eigenvalue weighted by Gasteiger charge is 2.16. The first-order valence-corrected chi connectivity index (χ1v) is 6.28. The number of halogens is 1. The maximum atomic E-state index is 12.0. The molecule has 0 saturated carbocycles. The Bertz CT molecular complexity index is 701. The molecule has 4 N–H and O–H groups in total. The lowest BCUT2D eigenvalue weighted by molar-refractivity contribution is 0.102. The second kappa shape index (κ2) is 5.63. The smallest absolute Gasteiger partial charge is 0.278 e. The van der Waals surface area contributed by atoms with Crippen molar-refractivity contribution in [3.05, 3.63) is 40.2 Å². The Hall–Kier alpha value is -2.52. The largest absolute Gasteiger partial charge is 0.395 e. The fourth-order valence-corrected chi connectivity index (χ4v) is 1.93. The average molecular weight is 290 g/mol. The van der Waals surface area contributed by atoms with Crippen LogP contribution >= 0.6 is 11.6 Å². The van der Waals surface area contributed by atoms with Crippen LogP contribution in [0.3, 0.4) is 0 Å². The minimum atomic E-state index is -0.431. The van der Waals surface area contributed by atoms with Crippen molar-refractivity contribution < 1.29 is 4.79 Å². The first kappa shape index (κ1) is 13.9. The van der Waals surface area contributed by atoms with E-state index in [1.54, 1.807) is 6.07 Å². The predicted molar refractivity (Wildman–Crippen MR) is 76.5 cm³/mol. The molecule has 20 heavy (non-hydrogen) atoms. The zero-order valence-electron chi connectivity index (χ0n) is 10.7. The molecule has 1 amide bonds. The Balaban J connectivity index is 2.21. The Morgan fingerprint density at radius 3 is 2.90 bits per heavy atom. The summed E-state index contributed by atoms with van der Waals surface area (Å²) in [4.78, 5) is 12.0. The molecule has 0 fully saturated rings. The van der Waals surface area contributed by atoms with Crippen LogP contribution in [0, 0.1) is 11.3 Å². The van der Waals surface area contributed by atoms with E-state index < -0.39 is 5.91 Å². The molecule has 6 nitrogen and oxygen atoms in total. The van der Waals surface area contributed by atoms with Gasteiger partial charge in [0.2, 0.25) is 0 Å². The van der Waals surface area contributed by atoms with E-state index in [0.717, 1.165) is 0 Å². The predicted octanol–water partition coefficient (Wildman–Crippen LogP) is 2.33. The molecule has 0 radical (unpaired) electrons. The van der Waals surface area contributed by atoms with E-state index in [1.165, 1.54) is 12.1 Å². The lowest BCUT2D eigenvalue weighted by Crippen LogP contribution is -2.14. The third kappa shape index (κ3) is 2.58. The average Bonchev–Trinajstić information content (AvgIpc) is 2.80. The number of hydrogen-bond acceptors (Lipinski definition) is 4. The molecule has 1 aromatic heterocycles.